The van der Waals surface area contributed by atoms with Crippen LogP contribution in [0.5, 0.6) is 0 Å². The molecule has 0 radical (unpaired) electrons. The lowest BCUT2D eigenvalue weighted by Gasteiger charge is -2.18. The molecule has 2 rings (SSSR count). The van der Waals surface area contributed by atoms with E-state index in [1.54, 1.807) is 0 Å². The molecule has 0 fully saturated rings. The Kier molecular flexibility index (Phi) is 6.42. The van der Waals surface area contributed by atoms with Crippen LogP contribution in [0.2, 0.25) is 5.02 Å². The van der Waals surface area contributed by atoms with Crippen molar-refractivity contribution in [3.8, 4) is 0 Å². The van der Waals surface area contributed by atoms with E-state index < -0.39 is 0 Å². The van der Waals surface area contributed by atoms with Crippen LogP contribution in [0.4, 0.5) is 0 Å². The number of hydrogen-bond donors (Lipinski definition) is 2. The van der Waals surface area contributed by atoms with Crippen molar-refractivity contribution in [2.24, 2.45) is 4.99 Å². The number of guanidine groups is 1. The Labute approximate surface area is 154 Å². The van der Waals surface area contributed by atoms with E-state index in [9.17, 15) is 0 Å². The van der Waals surface area contributed by atoms with Crippen molar-refractivity contribution < 1.29 is 4.52 Å². The van der Waals surface area contributed by atoms with Gasteiger partial charge in [0.2, 0.25) is 5.89 Å². The number of aliphatic imine (C=N–C) groups is 1. The fourth-order valence-corrected chi connectivity index (χ4v) is 2.26. The molecule has 136 valence electrons. The summed E-state index contributed by atoms with van der Waals surface area (Å²) < 4.78 is 5.30. The third kappa shape index (κ3) is 5.74. The highest BCUT2D eigenvalue weighted by molar-refractivity contribution is 6.30. The van der Waals surface area contributed by atoms with Gasteiger partial charge in [0.25, 0.3) is 0 Å². The van der Waals surface area contributed by atoms with Crippen LogP contribution < -0.4 is 10.6 Å². The summed E-state index contributed by atoms with van der Waals surface area (Å²) in [5, 5.41) is 11.3. The third-order valence-corrected chi connectivity index (χ3v) is 3.81. The van der Waals surface area contributed by atoms with E-state index in [0.717, 1.165) is 17.1 Å². The van der Waals surface area contributed by atoms with Gasteiger partial charge in [0, 0.05) is 17.0 Å². The Morgan fingerprint density at radius 3 is 2.52 bits per heavy atom. The molecule has 1 unspecified atom stereocenters. The van der Waals surface area contributed by atoms with Crippen molar-refractivity contribution in [3.63, 3.8) is 0 Å². The summed E-state index contributed by atoms with van der Waals surface area (Å²) in [6.07, 6.45) is 0. The van der Waals surface area contributed by atoms with Gasteiger partial charge in [-0.05, 0) is 31.5 Å². The van der Waals surface area contributed by atoms with E-state index in [1.807, 2.05) is 52.0 Å². The first-order valence-electron chi connectivity index (χ1n) is 8.43. The van der Waals surface area contributed by atoms with E-state index >= 15 is 0 Å². The normalized spacial score (nSPS) is 13.6. The van der Waals surface area contributed by atoms with Crippen LogP contribution in [0, 0.1) is 0 Å². The Morgan fingerprint density at radius 2 is 1.96 bits per heavy atom. The summed E-state index contributed by atoms with van der Waals surface area (Å²) in [6.45, 7) is 11.3. The van der Waals surface area contributed by atoms with Crippen LogP contribution in [-0.2, 0) is 12.0 Å². The van der Waals surface area contributed by atoms with E-state index in [4.69, 9.17) is 16.1 Å². The summed E-state index contributed by atoms with van der Waals surface area (Å²) in [4.78, 5) is 8.95. The van der Waals surface area contributed by atoms with Crippen molar-refractivity contribution >= 4 is 17.6 Å². The van der Waals surface area contributed by atoms with E-state index in [-0.39, 0.29) is 11.5 Å². The lowest BCUT2D eigenvalue weighted by atomic mass is 9.97. The van der Waals surface area contributed by atoms with Gasteiger partial charge in [0.15, 0.2) is 11.8 Å². The van der Waals surface area contributed by atoms with E-state index in [1.165, 1.54) is 0 Å². The van der Waals surface area contributed by atoms with E-state index in [2.05, 4.69) is 32.7 Å². The van der Waals surface area contributed by atoms with Crippen LogP contribution >= 0.6 is 11.6 Å². The van der Waals surface area contributed by atoms with E-state index in [0.29, 0.717) is 24.2 Å². The number of benzene rings is 1. The molecule has 0 amide bonds. The minimum absolute atomic E-state index is 0.0884. The predicted octanol–water partition coefficient (Wildman–Crippen LogP) is 3.84. The maximum absolute atomic E-state index is 5.94. The molecule has 0 bridgehead atoms. The zero-order chi connectivity index (χ0) is 18.4. The first-order valence-corrected chi connectivity index (χ1v) is 8.80. The lowest BCUT2D eigenvalue weighted by Crippen LogP contribution is -2.38. The summed E-state index contributed by atoms with van der Waals surface area (Å²) in [7, 11) is 0. The molecule has 0 saturated carbocycles. The average Bonchev–Trinajstić information content (AvgIpc) is 3.02. The molecule has 0 aliphatic heterocycles. The van der Waals surface area contributed by atoms with Crippen molar-refractivity contribution in [2.45, 2.75) is 52.6 Å². The van der Waals surface area contributed by atoms with Gasteiger partial charge >= 0.3 is 0 Å². The molecular formula is C18H26ClN5O. The highest BCUT2D eigenvalue weighted by Gasteiger charge is 2.21. The maximum Gasteiger partial charge on any atom is 0.232 e. The molecule has 25 heavy (non-hydrogen) atoms. The molecule has 1 atom stereocenters. The van der Waals surface area contributed by atoms with Crippen LogP contribution in [0.25, 0.3) is 0 Å². The standard InChI is InChI=1S/C18H26ClN5O/c1-6-20-17(22-12(2)13-7-9-14(19)10-8-13)21-11-15-23-16(25-24-15)18(3,4)5/h7-10,12H,6,11H2,1-5H3,(H2,20,21,22). The number of nitrogens with zero attached hydrogens (tertiary/aromatic N) is 3. The molecule has 1 aromatic carbocycles. The smallest absolute Gasteiger partial charge is 0.232 e. The van der Waals surface area contributed by atoms with Gasteiger partial charge in [-0.25, -0.2) is 4.99 Å². The highest BCUT2D eigenvalue weighted by Crippen LogP contribution is 2.20. The zero-order valence-corrected chi connectivity index (χ0v) is 16.2. The molecule has 1 aromatic heterocycles. The van der Waals surface area contributed by atoms with Crippen LogP contribution in [0.3, 0.4) is 0 Å². The van der Waals surface area contributed by atoms with Gasteiger partial charge in [-0.1, -0.05) is 49.7 Å². The molecule has 2 aromatic rings. The van der Waals surface area contributed by atoms with Gasteiger partial charge in [-0.3, -0.25) is 0 Å². The number of nitrogens with one attached hydrogen (secondary N) is 2. The zero-order valence-electron chi connectivity index (χ0n) is 15.4. The van der Waals surface area contributed by atoms with Crippen molar-refractivity contribution in [2.75, 3.05) is 6.54 Å². The molecule has 0 saturated heterocycles. The fraction of sp³-hybridized carbons (Fsp3) is 0.500. The second-order valence-corrected chi connectivity index (χ2v) is 7.31. The minimum Gasteiger partial charge on any atom is -0.357 e. The summed E-state index contributed by atoms with van der Waals surface area (Å²) in [6, 6.07) is 7.85. The molecule has 0 aliphatic carbocycles. The largest absolute Gasteiger partial charge is 0.357 e. The Morgan fingerprint density at radius 1 is 1.28 bits per heavy atom. The average molecular weight is 364 g/mol. The van der Waals surface area contributed by atoms with Crippen molar-refractivity contribution in [1.82, 2.24) is 20.8 Å². The highest BCUT2D eigenvalue weighted by atomic mass is 35.5. The van der Waals surface area contributed by atoms with Gasteiger partial charge in [0.05, 0.1) is 6.04 Å². The summed E-state index contributed by atoms with van der Waals surface area (Å²) >= 11 is 5.94. The number of halogens is 1. The third-order valence-electron chi connectivity index (χ3n) is 3.56. The van der Waals surface area contributed by atoms with Gasteiger partial charge in [-0.2, -0.15) is 4.98 Å². The number of hydrogen-bond acceptors (Lipinski definition) is 4. The second-order valence-electron chi connectivity index (χ2n) is 6.88. The van der Waals surface area contributed by atoms with Gasteiger partial charge < -0.3 is 15.2 Å². The Bertz CT molecular complexity index is 703. The monoisotopic (exact) mass is 363 g/mol. The number of rotatable bonds is 5. The minimum atomic E-state index is -0.166. The first kappa shape index (κ1) is 19.2. The number of aromatic nitrogens is 2. The lowest BCUT2D eigenvalue weighted by molar-refractivity contribution is 0.318. The summed E-state index contributed by atoms with van der Waals surface area (Å²) in [5.74, 6) is 1.89. The molecule has 0 aliphatic rings. The SMILES string of the molecule is CCNC(=NCc1noc(C(C)(C)C)n1)NC(C)c1ccc(Cl)cc1. The fourth-order valence-electron chi connectivity index (χ4n) is 2.13. The first-order chi connectivity index (χ1) is 11.8. The molecular weight excluding hydrogens is 338 g/mol. The quantitative estimate of drug-likeness (QED) is 0.623. The van der Waals surface area contributed by atoms with Crippen LogP contribution in [0.15, 0.2) is 33.8 Å². The molecule has 0 spiro atoms. The van der Waals surface area contributed by atoms with Crippen molar-refractivity contribution in [3.05, 3.63) is 46.6 Å². The van der Waals surface area contributed by atoms with Crippen LogP contribution in [-0.4, -0.2) is 22.6 Å². The Hall–Kier alpha value is -2.08. The Balaban J connectivity index is 2.05. The molecule has 6 nitrogen and oxygen atoms in total. The molecule has 2 N–H and O–H groups in total. The maximum atomic E-state index is 5.94. The molecule has 1 heterocycles. The predicted molar refractivity (Wildman–Crippen MR) is 101 cm³/mol. The topological polar surface area (TPSA) is 75.3 Å². The molecule has 7 heteroatoms. The van der Waals surface area contributed by atoms with Crippen molar-refractivity contribution in [1.29, 1.82) is 0 Å². The second kappa shape index (κ2) is 8.34. The van der Waals surface area contributed by atoms with Crippen LogP contribution in [0.1, 0.15) is 57.9 Å². The van der Waals surface area contributed by atoms with Gasteiger partial charge in [-0.15, -0.1) is 0 Å². The summed E-state index contributed by atoms with van der Waals surface area (Å²) in [5.41, 5.74) is 0.963. The van der Waals surface area contributed by atoms with Gasteiger partial charge in [0.1, 0.15) is 6.54 Å².